The molecule has 0 aliphatic carbocycles. The van der Waals surface area contributed by atoms with Crippen molar-refractivity contribution in [2.75, 3.05) is 23.9 Å². The molecule has 3 aromatic rings. The molecule has 0 N–H and O–H groups in total. The Hall–Kier alpha value is -2.23. The maximum atomic E-state index is 12.4. The number of nitrogens with zero attached hydrogens (tertiary/aromatic N) is 1. The number of aromatic nitrogens is 1. The zero-order valence-electron chi connectivity index (χ0n) is 17.5. The number of rotatable bonds is 12. The summed E-state index contributed by atoms with van der Waals surface area (Å²) in [6, 6.07) is 13.9. The average Bonchev–Trinajstić information content (AvgIpc) is 3.19. The lowest BCUT2D eigenvalue weighted by Gasteiger charge is -2.18. The Morgan fingerprint density at radius 1 is 1.19 bits per heavy atom. The minimum Gasteiger partial charge on any atom is -0.490 e. The first-order valence-corrected chi connectivity index (χ1v) is 13.3. The number of unbranched alkanes of at least 4 members (excludes halogenated alkanes) is 1. The van der Waals surface area contributed by atoms with Crippen LogP contribution in [0.4, 0.5) is 0 Å². The second kappa shape index (κ2) is 11.6. The minimum atomic E-state index is -3.40. The summed E-state index contributed by atoms with van der Waals surface area (Å²) in [5, 5.41) is 0.895. The standard InChI is InChI=1S/C22H24ClNO6S2/c1-2-3-12-32(26,27)15-18(13-28-17-10-8-16(23)9-11-17)29-21(25)14-31-22-24-19-6-4-5-7-20(19)30-22/h4-11,18H,2-3,12-15H2,1H3. The molecule has 172 valence electrons. The van der Waals surface area contributed by atoms with E-state index in [9.17, 15) is 13.2 Å². The molecule has 1 atom stereocenters. The molecule has 1 unspecified atom stereocenters. The van der Waals surface area contributed by atoms with Gasteiger partial charge in [-0.05, 0) is 42.8 Å². The molecule has 1 heterocycles. The molecule has 0 spiro atoms. The van der Waals surface area contributed by atoms with Crippen LogP contribution in [0.25, 0.3) is 11.1 Å². The largest absolute Gasteiger partial charge is 0.490 e. The number of fused-ring (bicyclic) bond motifs is 1. The van der Waals surface area contributed by atoms with Crippen LogP contribution in [0.3, 0.4) is 0 Å². The molecule has 10 heteroatoms. The molecule has 0 bridgehead atoms. The van der Waals surface area contributed by atoms with Gasteiger partial charge in [0.25, 0.3) is 5.22 Å². The van der Waals surface area contributed by atoms with E-state index in [2.05, 4.69) is 4.98 Å². The average molecular weight is 498 g/mol. The third kappa shape index (κ3) is 7.72. The molecule has 32 heavy (non-hydrogen) atoms. The van der Waals surface area contributed by atoms with E-state index >= 15 is 0 Å². The Labute approximate surface area is 196 Å². The summed E-state index contributed by atoms with van der Waals surface area (Å²) >= 11 is 6.96. The maximum Gasteiger partial charge on any atom is 0.316 e. The summed E-state index contributed by atoms with van der Waals surface area (Å²) in [5.41, 5.74) is 1.32. The molecule has 0 amide bonds. The van der Waals surface area contributed by atoms with E-state index in [0.29, 0.717) is 33.5 Å². The van der Waals surface area contributed by atoms with Crippen LogP contribution < -0.4 is 4.74 Å². The van der Waals surface area contributed by atoms with Crippen LogP contribution in [0.5, 0.6) is 5.75 Å². The number of thioether (sulfide) groups is 1. The quantitative estimate of drug-likeness (QED) is 0.260. The number of oxazole rings is 1. The van der Waals surface area contributed by atoms with Gasteiger partial charge in [0.05, 0.1) is 11.5 Å². The zero-order valence-corrected chi connectivity index (χ0v) is 19.9. The monoisotopic (exact) mass is 497 g/mol. The highest BCUT2D eigenvalue weighted by Crippen LogP contribution is 2.23. The second-order valence-corrected chi connectivity index (χ2v) is 10.7. The van der Waals surface area contributed by atoms with Gasteiger partial charge >= 0.3 is 5.97 Å². The van der Waals surface area contributed by atoms with Gasteiger partial charge < -0.3 is 13.9 Å². The third-order valence-electron chi connectivity index (χ3n) is 4.38. The van der Waals surface area contributed by atoms with Crippen LogP contribution in [0, 0.1) is 0 Å². The van der Waals surface area contributed by atoms with E-state index in [1.54, 1.807) is 30.3 Å². The summed E-state index contributed by atoms with van der Waals surface area (Å²) in [5.74, 6) is -0.412. The summed E-state index contributed by atoms with van der Waals surface area (Å²) in [6.07, 6.45) is 0.366. The molecule has 3 rings (SSSR count). The number of esters is 1. The van der Waals surface area contributed by atoms with Crippen LogP contribution in [0.1, 0.15) is 19.8 Å². The first-order chi connectivity index (χ1) is 15.3. The third-order valence-corrected chi connectivity index (χ3v) is 7.23. The first-order valence-electron chi connectivity index (χ1n) is 10.1. The zero-order chi connectivity index (χ0) is 23.0. The van der Waals surface area contributed by atoms with Crippen molar-refractivity contribution in [3.05, 3.63) is 53.6 Å². The van der Waals surface area contributed by atoms with Crippen molar-refractivity contribution in [3.63, 3.8) is 0 Å². The number of benzene rings is 2. The van der Waals surface area contributed by atoms with Crippen molar-refractivity contribution in [2.24, 2.45) is 0 Å². The summed E-state index contributed by atoms with van der Waals surface area (Å²) in [7, 11) is -3.40. The number of carbonyl (C=O) groups is 1. The van der Waals surface area contributed by atoms with Gasteiger partial charge in [-0.1, -0.05) is 48.8 Å². The van der Waals surface area contributed by atoms with Gasteiger partial charge in [-0.25, -0.2) is 13.4 Å². The van der Waals surface area contributed by atoms with Crippen LogP contribution in [-0.2, 0) is 19.4 Å². The highest BCUT2D eigenvalue weighted by molar-refractivity contribution is 7.99. The number of hydrogen-bond acceptors (Lipinski definition) is 8. The summed E-state index contributed by atoms with van der Waals surface area (Å²) < 4.78 is 41.5. The Morgan fingerprint density at radius 2 is 1.94 bits per heavy atom. The van der Waals surface area contributed by atoms with Crippen LogP contribution in [0.15, 0.2) is 58.2 Å². The SMILES string of the molecule is CCCCS(=O)(=O)CC(COc1ccc(Cl)cc1)OC(=O)CSc1nc2ccccc2o1. The number of hydrogen-bond donors (Lipinski definition) is 0. The topological polar surface area (TPSA) is 95.7 Å². The molecule has 0 saturated carbocycles. The fourth-order valence-electron chi connectivity index (χ4n) is 2.82. The number of carbonyl (C=O) groups excluding carboxylic acids is 1. The van der Waals surface area contributed by atoms with E-state index in [4.69, 9.17) is 25.5 Å². The molecule has 0 aliphatic heterocycles. The Bertz CT molecular complexity index is 1100. The number of ether oxygens (including phenoxy) is 2. The van der Waals surface area contributed by atoms with E-state index in [0.717, 1.165) is 18.2 Å². The predicted octanol–water partition coefficient (Wildman–Crippen LogP) is 4.78. The molecule has 0 fully saturated rings. The second-order valence-electron chi connectivity index (χ2n) is 7.08. The van der Waals surface area contributed by atoms with Gasteiger partial charge in [0, 0.05) is 5.02 Å². The van der Waals surface area contributed by atoms with Gasteiger partial charge in [-0.15, -0.1) is 0 Å². The van der Waals surface area contributed by atoms with Crippen LogP contribution in [0.2, 0.25) is 5.02 Å². The highest BCUT2D eigenvalue weighted by Gasteiger charge is 2.24. The van der Waals surface area contributed by atoms with Crippen molar-refractivity contribution < 1.29 is 27.1 Å². The lowest BCUT2D eigenvalue weighted by Crippen LogP contribution is -2.33. The lowest BCUT2D eigenvalue weighted by molar-refractivity contribution is -0.146. The molecular formula is C22H24ClNO6S2. The van der Waals surface area contributed by atoms with Gasteiger partial charge in [-0.3, -0.25) is 4.79 Å². The molecule has 1 aromatic heterocycles. The highest BCUT2D eigenvalue weighted by atomic mass is 35.5. The Morgan fingerprint density at radius 3 is 2.66 bits per heavy atom. The molecule has 0 aliphatic rings. The van der Waals surface area contributed by atoms with Gasteiger partial charge in [-0.2, -0.15) is 0 Å². The van der Waals surface area contributed by atoms with Gasteiger partial charge in [0.15, 0.2) is 15.4 Å². The molecule has 7 nitrogen and oxygen atoms in total. The number of sulfone groups is 1. The number of halogens is 1. The Balaban J connectivity index is 1.60. The van der Waals surface area contributed by atoms with Crippen molar-refractivity contribution in [1.82, 2.24) is 4.98 Å². The molecule has 0 radical (unpaired) electrons. The smallest absolute Gasteiger partial charge is 0.316 e. The van der Waals surface area contributed by atoms with Crippen LogP contribution >= 0.6 is 23.4 Å². The van der Waals surface area contributed by atoms with Crippen molar-refractivity contribution in [3.8, 4) is 5.75 Å². The van der Waals surface area contributed by atoms with Crippen LogP contribution in [-0.4, -0.2) is 49.3 Å². The predicted molar refractivity (Wildman–Crippen MR) is 125 cm³/mol. The number of para-hydroxylation sites is 2. The fraction of sp³-hybridized carbons (Fsp3) is 0.364. The molecule has 2 aromatic carbocycles. The first kappa shape index (κ1) is 24.4. The molecular weight excluding hydrogens is 474 g/mol. The van der Waals surface area contributed by atoms with Crippen molar-refractivity contribution in [2.45, 2.75) is 31.1 Å². The summed E-state index contributed by atoms with van der Waals surface area (Å²) in [6.45, 7) is 1.83. The van der Waals surface area contributed by atoms with E-state index < -0.39 is 21.9 Å². The van der Waals surface area contributed by atoms with E-state index in [1.165, 1.54) is 0 Å². The fourth-order valence-corrected chi connectivity index (χ4v) is 5.19. The normalized spacial score (nSPS) is 12.6. The van der Waals surface area contributed by atoms with E-state index in [-0.39, 0.29) is 23.9 Å². The summed E-state index contributed by atoms with van der Waals surface area (Å²) in [4.78, 5) is 16.7. The van der Waals surface area contributed by atoms with Crippen molar-refractivity contribution >= 4 is 50.3 Å². The van der Waals surface area contributed by atoms with E-state index in [1.807, 2.05) is 25.1 Å². The Kier molecular flexibility index (Phi) is 8.84. The lowest BCUT2D eigenvalue weighted by atomic mass is 10.3. The van der Waals surface area contributed by atoms with Gasteiger partial charge in [0.1, 0.15) is 29.7 Å². The van der Waals surface area contributed by atoms with Crippen molar-refractivity contribution in [1.29, 1.82) is 0 Å². The maximum absolute atomic E-state index is 12.4. The minimum absolute atomic E-state index is 0.0378. The van der Waals surface area contributed by atoms with Gasteiger partial charge in [0.2, 0.25) is 0 Å². The molecule has 0 saturated heterocycles.